The lowest BCUT2D eigenvalue weighted by atomic mass is 10.1. The molecule has 2 aliphatic rings. The predicted octanol–water partition coefficient (Wildman–Crippen LogP) is 4.80. The van der Waals surface area contributed by atoms with E-state index in [0.717, 1.165) is 22.0 Å². The van der Waals surface area contributed by atoms with E-state index in [1.54, 1.807) is 28.0 Å². The molecular formula is C24H22N2O4S2. The van der Waals surface area contributed by atoms with Gasteiger partial charge in [0.2, 0.25) is 11.8 Å². The fraction of sp³-hybridized carbons (Fsp3) is 0.250. The Kier molecular flexibility index (Phi) is 6.05. The molecule has 2 aliphatic heterocycles. The number of anilines is 2. The Hall–Kier alpha value is -2.97. The summed E-state index contributed by atoms with van der Waals surface area (Å²) in [5, 5.41) is 7.24. The Morgan fingerprint density at radius 3 is 2.81 bits per heavy atom. The first-order chi connectivity index (χ1) is 15.7. The lowest BCUT2D eigenvalue weighted by Crippen LogP contribution is -2.28. The van der Waals surface area contributed by atoms with Gasteiger partial charge in [0.15, 0.2) is 11.5 Å². The number of para-hydroxylation sites is 1. The highest BCUT2D eigenvalue weighted by atomic mass is 32.2. The number of carbonyl (C=O) groups is 2. The molecule has 8 heteroatoms. The summed E-state index contributed by atoms with van der Waals surface area (Å²) >= 11 is 3.37. The highest BCUT2D eigenvalue weighted by molar-refractivity contribution is 7.98. The maximum atomic E-state index is 13.0. The standard InChI is InChI=1S/C24H22N2O4S2/c27-23-11-17(13-26(23)18-5-6-20-21(12-18)30-9-8-29-20)24(28)25-19-3-1-2-4-22(19)32-15-16-7-10-31-14-16/h1-7,10,12,14,17H,8-9,11,13,15H2,(H,25,28). The van der Waals surface area contributed by atoms with Crippen molar-refractivity contribution >= 4 is 46.3 Å². The molecule has 6 nitrogen and oxygen atoms in total. The molecule has 3 aromatic rings. The van der Waals surface area contributed by atoms with Crippen molar-refractivity contribution in [3.63, 3.8) is 0 Å². The van der Waals surface area contributed by atoms with Crippen molar-refractivity contribution in [2.24, 2.45) is 5.92 Å². The maximum absolute atomic E-state index is 13.0. The van der Waals surface area contributed by atoms with E-state index in [0.29, 0.717) is 31.3 Å². The van der Waals surface area contributed by atoms with Gasteiger partial charge in [-0.1, -0.05) is 12.1 Å². The van der Waals surface area contributed by atoms with Gasteiger partial charge in [0, 0.05) is 35.4 Å². The zero-order valence-corrected chi connectivity index (χ0v) is 18.9. The van der Waals surface area contributed by atoms with E-state index in [2.05, 4.69) is 22.1 Å². The number of thiophene rings is 1. The van der Waals surface area contributed by atoms with Gasteiger partial charge in [-0.05, 0) is 46.7 Å². The lowest BCUT2D eigenvalue weighted by molar-refractivity contribution is -0.122. The normalized spacial score (nSPS) is 17.4. The van der Waals surface area contributed by atoms with Crippen LogP contribution >= 0.6 is 23.1 Å². The number of ether oxygens (including phenoxy) is 2. The molecule has 0 radical (unpaired) electrons. The molecule has 2 aromatic carbocycles. The van der Waals surface area contributed by atoms with Crippen molar-refractivity contribution < 1.29 is 19.1 Å². The molecule has 2 amide bonds. The van der Waals surface area contributed by atoms with Crippen LogP contribution in [0.15, 0.2) is 64.2 Å². The van der Waals surface area contributed by atoms with Crippen molar-refractivity contribution in [1.29, 1.82) is 0 Å². The van der Waals surface area contributed by atoms with Crippen molar-refractivity contribution in [3.05, 3.63) is 64.9 Å². The van der Waals surface area contributed by atoms with E-state index in [1.807, 2.05) is 42.5 Å². The Balaban J connectivity index is 1.26. The number of fused-ring (bicyclic) bond motifs is 1. The second kappa shape index (κ2) is 9.26. The third-order valence-corrected chi connectivity index (χ3v) is 7.33. The topological polar surface area (TPSA) is 67.9 Å². The number of thioether (sulfide) groups is 1. The molecule has 0 saturated carbocycles. The number of rotatable bonds is 6. The van der Waals surface area contributed by atoms with Crippen molar-refractivity contribution in [2.75, 3.05) is 30.0 Å². The van der Waals surface area contributed by atoms with Crippen LogP contribution in [0.5, 0.6) is 11.5 Å². The van der Waals surface area contributed by atoms with Crippen molar-refractivity contribution in [3.8, 4) is 11.5 Å². The summed E-state index contributed by atoms with van der Waals surface area (Å²) in [7, 11) is 0. The first kappa shape index (κ1) is 20.9. The summed E-state index contributed by atoms with van der Waals surface area (Å²) in [6, 6.07) is 15.4. The first-order valence-electron chi connectivity index (χ1n) is 10.4. The summed E-state index contributed by atoms with van der Waals surface area (Å²) in [6.07, 6.45) is 0.185. The molecule has 1 unspecified atom stereocenters. The minimum absolute atomic E-state index is 0.0676. The molecular weight excluding hydrogens is 444 g/mol. The molecule has 164 valence electrons. The zero-order valence-electron chi connectivity index (χ0n) is 17.3. The van der Waals surface area contributed by atoms with Crippen LogP contribution in [0.2, 0.25) is 0 Å². The van der Waals surface area contributed by atoms with Gasteiger partial charge >= 0.3 is 0 Å². The highest BCUT2D eigenvalue weighted by Crippen LogP contribution is 2.36. The second-order valence-electron chi connectivity index (χ2n) is 7.64. The fourth-order valence-electron chi connectivity index (χ4n) is 3.80. The number of nitrogens with zero attached hydrogens (tertiary/aromatic N) is 1. The second-order valence-corrected chi connectivity index (χ2v) is 9.44. The van der Waals surface area contributed by atoms with Crippen LogP contribution in [-0.2, 0) is 15.3 Å². The minimum atomic E-state index is -0.411. The smallest absolute Gasteiger partial charge is 0.229 e. The molecule has 0 spiro atoms. The van der Waals surface area contributed by atoms with E-state index in [4.69, 9.17) is 9.47 Å². The van der Waals surface area contributed by atoms with Crippen LogP contribution in [0.4, 0.5) is 11.4 Å². The number of hydrogen-bond acceptors (Lipinski definition) is 6. The molecule has 5 rings (SSSR count). The summed E-state index contributed by atoms with van der Waals surface area (Å²) in [6.45, 7) is 1.35. The molecule has 32 heavy (non-hydrogen) atoms. The lowest BCUT2D eigenvalue weighted by Gasteiger charge is -2.22. The van der Waals surface area contributed by atoms with Crippen molar-refractivity contribution in [1.82, 2.24) is 0 Å². The minimum Gasteiger partial charge on any atom is -0.486 e. The number of benzene rings is 2. The third kappa shape index (κ3) is 4.47. The molecule has 1 fully saturated rings. The number of nitrogens with one attached hydrogen (secondary N) is 1. The number of hydrogen-bond donors (Lipinski definition) is 1. The molecule has 1 N–H and O–H groups in total. The monoisotopic (exact) mass is 466 g/mol. The molecule has 3 heterocycles. The summed E-state index contributed by atoms with van der Waals surface area (Å²) in [5.41, 5.74) is 2.77. The molecule has 0 bridgehead atoms. The van der Waals surface area contributed by atoms with Crippen LogP contribution in [0.3, 0.4) is 0 Å². The molecule has 0 aliphatic carbocycles. The van der Waals surface area contributed by atoms with E-state index >= 15 is 0 Å². The first-order valence-corrected chi connectivity index (χ1v) is 12.3. The van der Waals surface area contributed by atoms with Gasteiger partial charge in [-0.3, -0.25) is 9.59 Å². The van der Waals surface area contributed by atoms with E-state index in [9.17, 15) is 9.59 Å². The van der Waals surface area contributed by atoms with Crippen LogP contribution in [0.25, 0.3) is 0 Å². The average molecular weight is 467 g/mol. The summed E-state index contributed by atoms with van der Waals surface area (Å²) in [4.78, 5) is 28.4. The van der Waals surface area contributed by atoms with Gasteiger partial charge in [-0.2, -0.15) is 11.3 Å². The number of carbonyl (C=O) groups excluding carboxylic acids is 2. The third-order valence-electron chi connectivity index (χ3n) is 5.45. The van der Waals surface area contributed by atoms with Crippen LogP contribution < -0.4 is 19.7 Å². The maximum Gasteiger partial charge on any atom is 0.229 e. The Morgan fingerprint density at radius 2 is 1.97 bits per heavy atom. The quantitative estimate of drug-likeness (QED) is 0.529. The van der Waals surface area contributed by atoms with Crippen LogP contribution in [0.1, 0.15) is 12.0 Å². The van der Waals surface area contributed by atoms with Gasteiger partial charge in [-0.25, -0.2) is 0 Å². The molecule has 1 aromatic heterocycles. The Labute approximate surface area is 194 Å². The largest absolute Gasteiger partial charge is 0.486 e. The van der Waals surface area contributed by atoms with Gasteiger partial charge < -0.3 is 19.7 Å². The summed E-state index contributed by atoms with van der Waals surface area (Å²) < 4.78 is 11.2. The van der Waals surface area contributed by atoms with Gasteiger partial charge in [0.25, 0.3) is 0 Å². The van der Waals surface area contributed by atoms with Crippen LogP contribution in [0, 0.1) is 5.92 Å². The van der Waals surface area contributed by atoms with E-state index < -0.39 is 5.92 Å². The SMILES string of the molecule is O=C(Nc1ccccc1SCc1ccsc1)C1CC(=O)N(c2ccc3c(c2)OCCO3)C1. The highest BCUT2D eigenvalue weighted by Gasteiger charge is 2.35. The predicted molar refractivity (Wildman–Crippen MR) is 127 cm³/mol. The summed E-state index contributed by atoms with van der Waals surface area (Å²) in [5.74, 6) is 1.54. The Morgan fingerprint density at radius 1 is 1.12 bits per heavy atom. The molecule has 1 atom stereocenters. The number of amides is 2. The zero-order chi connectivity index (χ0) is 21.9. The van der Waals surface area contributed by atoms with Crippen molar-refractivity contribution in [2.45, 2.75) is 17.1 Å². The average Bonchev–Trinajstić information content (AvgIpc) is 3.48. The van der Waals surface area contributed by atoms with Crippen LogP contribution in [-0.4, -0.2) is 31.6 Å². The molecule has 1 saturated heterocycles. The fourth-order valence-corrected chi connectivity index (χ4v) is 5.52. The van der Waals surface area contributed by atoms with E-state index in [-0.39, 0.29) is 18.2 Å². The Bertz CT molecular complexity index is 1130. The van der Waals surface area contributed by atoms with E-state index in [1.165, 1.54) is 5.56 Å². The van der Waals surface area contributed by atoms with Gasteiger partial charge in [-0.15, -0.1) is 11.8 Å². The van der Waals surface area contributed by atoms with Gasteiger partial charge in [0.1, 0.15) is 13.2 Å². The van der Waals surface area contributed by atoms with Gasteiger partial charge in [0.05, 0.1) is 11.6 Å².